The van der Waals surface area contributed by atoms with Crippen LogP contribution in [0.15, 0.2) is 11.4 Å². The highest BCUT2D eigenvalue weighted by atomic mass is 35.5. The van der Waals surface area contributed by atoms with E-state index in [9.17, 15) is 0 Å². The summed E-state index contributed by atoms with van der Waals surface area (Å²) in [6.07, 6.45) is 0. The molecular weight excluding hydrogens is 180 g/mol. The van der Waals surface area contributed by atoms with Gasteiger partial charge in [0.15, 0.2) is 0 Å². The lowest BCUT2D eigenvalue weighted by Gasteiger charge is -1.93. The Morgan fingerprint density at radius 1 is 1.45 bits per heavy atom. The van der Waals surface area contributed by atoms with Gasteiger partial charge in [-0.15, -0.1) is 11.3 Å². The van der Waals surface area contributed by atoms with E-state index in [1.54, 1.807) is 11.3 Å². The molecule has 0 atom stereocenters. The third kappa shape index (κ3) is 1.10. The summed E-state index contributed by atoms with van der Waals surface area (Å²) >= 11 is 7.30. The highest BCUT2D eigenvalue weighted by Gasteiger charge is 2.02. The molecule has 2 nitrogen and oxygen atoms in total. The zero-order valence-corrected chi connectivity index (χ0v) is 7.41. The van der Waals surface area contributed by atoms with Gasteiger partial charge < -0.3 is 0 Å². The molecule has 2 aromatic heterocycles. The van der Waals surface area contributed by atoms with Gasteiger partial charge in [-0.25, -0.2) is 9.97 Å². The van der Waals surface area contributed by atoms with Crippen LogP contribution in [0.1, 0.15) is 5.69 Å². The van der Waals surface area contributed by atoms with Crippen LogP contribution >= 0.6 is 22.9 Å². The summed E-state index contributed by atoms with van der Waals surface area (Å²) in [5.74, 6) is 0. The lowest BCUT2D eigenvalue weighted by atomic mass is 10.4. The molecule has 0 aliphatic carbocycles. The van der Waals surface area contributed by atoms with Gasteiger partial charge in [0.1, 0.15) is 0 Å². The van der Waals surface area contributed by atoms with Crippen molar-refractivity contribution in [3.8, 4) is 0 Å². The summed E-state index contributed by atoms with van der Waals surface area (Å²) < 4.78 is 1.12. The van der Waals surface area contributed by atoms with Crippen LogP contribution in [0.2, 0.25) is 5.28 Å². The van der Waals surface area contributed by atoms with E-state index in [-0.39, 0.29) is 0 Å². The average Bonchev–Trinajstić information content (AvgIpc) is 2.34. The predicted molar refractivity (Wildman–Crippen MR) is 47.2 cm³/mol. The molecule has 0 aliphatic rings. The minimum absolute atomic E-state index is 0.327. The average molecular weight is 185 g/mol. The van der Waals surface area contributed by atoms with Crippen molar-refractivity contribution in [2.24, 2.45) is 0 Å². The Kier molecular flexibility index (Phi) is 1.55. The summed E-state index contributed by atoms with van der Waals surface area (Å²) in [4.78, 5) is 8.10. The number of fused-ring (bicyclic) bond motifs is 1. The molecule has 2 heterocycles. The number of thiophene rings is 1. The van der Waals surface area contributed by atoms with Gasteiger partial charge in [0.25, 0.3) is 0 Å². The first-order valence-electron chi connectivity index (χ1n) is 3.15. The molecule has 0 aromatic carbocycles. The highest BCUT2D eigenvalue weighted by molar-refractivity contribution is 7.17. The van der Waals surface area contributed by atoms with Crippen LogP contribution in [0.5, 0.6) is 0 Å². The summed E-state index contributed by atoms with van der Waals surface area (Å²) in [6, 6.07) is 1.94. The fourth-order valence-electron chi connectivity index (χ4n) is 0.975. The van der Waals surface area contributed by atoms with Crippen LogP contribution in [0.3, 0.4) is 0 Å². The number of nitrogens with zero attached hydrogens (tertiary/aromatic N) is 2. The third-order valence-corrected chi connectivity index (χ3v) is 2.63. The topological polar surface area (TPSA) is 25.8 Å². The van der Waals surface area contributed by atoms with E-state index in [1.165, 1.54) is 0 Å². The second-order valence-corrected chi connectivity index (χ2v) is 3.47. The Morgan fingerprint density at radius 2 is 2.27 bits per heavy atom. The number of aryl methyl sites for hydroxylation is 1. The van der Waals surface area contributed by atoms with E-state index in [4.69, 9.17) is 11.6 Å². The standard InChI is InChI=1S/C7H5ClN2S/c1-4-6-5(2-3-11-6)10-7(8)9-4/h2-3H,1H3. The van der Waals surface area contributed by atoms with Gasteiger partial charge in [0.05, 0.1) is 15.9 Å². The molecule has 56 valence electrons. The normalized spacial score (nSPS) is 10.7. The Morgan fingerprint density at radius 3 is 3.09 bits per heavy atom. The maximum Gasteiger partial charge on any atom is 0.223 e. The zero-order chi connectivity index (χ0) is 7.84. The van der Waals surface area contributed by atoms with E-state index in [0.29, 0.717) is 5.28 Å². The maximum absolute atomic E-state index is 5.66. The van der Waals surface area contributed by atoms with Crippen molar-refractivity contribution >= 4 is 33.2 Å². The van der Waals surface area contributed by atoms with Crippen LogP contribution in [-0.4, -0.2) is 9.97 Å². The fourth-order valence-corrected chi connectivity index (χ4v) is 1.98. The van der Waals surface area contributed by atoms with E-state index in [1.807, 2.05) is 18.4 Å². The van der Waals surface area contributed by atoms with Crippen molar-refractivity contribution in [1.82, 2.24) is 9.97 Å². The Hall–Kier alpha value is -0.670. The Bertz CT molecular complexity index is 396. The largest absolute Gasteiger partial charge is 0.223 e. The van der Waals surface area contributed by atoms with Crippen molar-refractivity contribution in [2.45, 2.75) is 6.92 Å². The zero-order valence-electron chi connectivity index (χ0n) is 5.84. The molecule has 0 saturated heterocycles. The molecule has 0 aliphatic heterocycles. The number of rotatable bonds is 0. The summed E-state index contributed by atoms with van der Waals surface area (Å²) in [6.45, 7) is 1.94. The van der Waals surface area contributed by atoms with Crippen molar-refractivity contribution in [3.63, 3.8) is 0 Å². The molecule has 11 heavy (non-hydrogen) atoms. The van der Waals surface area contributed by atoms with Gasteiger partial charge >= 0.3 is 0 Å². The summed E-state index contributed by atoms with van der Waals surface area (Å²) in [5, 5.41) is 2.32. The molecule has 4 heteroatoms. The van der Waals surface area contributed by atoms with Gasteiger partial charge in [-0.05, 0) is 30.0 Å². The van der Waals surface area contributed by atoms with Crippen LogP contribution in [0.25, 0.3) is 10.2 Å². The van der Waals surface area contributed by atoms with Crippen molar-refractivity contribution < 1.29 is 0 Å². The van der Waals surface area contributed by atoms with Crippen molar-refractivity contribution in [2.75, 3.05) is 0 Å². The number of aromatic nitrogens is 2. The fraction of sp³-hybridized carbons (Fsp3) is 0.143. The molecule has 0 N–H and O–H groups in total. The van der Waals surface area contributed by atoms with E-state index in [0.717, 1.165) is 15.9 Å². The molecule has 0 spiro atoms. The lowest BCUT2D eigenvalue weighted by molar-refractivity contribution is 1.16. The molecule has 0 bridgehead atoms. The third-order valence-electron chi connectivity index (χ3n) is 1.45. The van der Waals surface area contributed by atoms with Gasteiger partial charge in [-0.3, -0.25) is 0 Å². The molecule has 0 fully saturated rings. The Balaban J connectivity index is 2.91. The molecule has 2 aromatic rings. The predicted octanol–water partition coefficient (Wildman–Crippen LogP) is 2.65. The van der Waals surface area contributed by atoms with Crippen molar-refractivity contribution in [3.05, 3.63) is 22.4 Å². The first kappa shape index (κ1) is 7.00. The maximum atomic E-state index is 5.66. The molecule has 0 unspecified atom stereocenters. The van der Waals surface area contributed by atoms with E-state index < -0.39 is 0 Å². The van der Waals surface area contributed by atoms with E-state index >= 15 is 0 Å². The number of hydrogen-bond donors (Lipinski definition) is 0. The van der Waals surface area contributed by atoms with Crippen LogP contribution in [0.4, 0.5) is 0 Å². The number of hydrogen-bond acceptors (Lipinski definition) is 3. The minimum Gasteiger partial charge on any atom is -0.222 e. The summed E-state index contributed by atoms with van der Waals surface area (Å²) in [5.41, 5.74) is 1.89. The molecule has 0 saturated carbocycles. The molecular formula is C7H5ClN2S. The van der Waals surface area contributed by atoms with Gasteiger partial charge in [0, 0.05) is 0 Å². The smallest absolute Gasteiger partial charge is 0.222 e. The Labute approximate surface area is 72.9 Å². The van der Waals surface area contributed by atoms with Crippen molar-refractivity contribution in [1.29, 1.82) is 0 Å². The second-order valence-electron chi connectivity index (χ2n) is 2.21. The monoisotopic (exact) mass is 184 g/mol. The van der Waals surface area contributed by atoms with Gasteiger partial charge in [-0.2, -0.15) is 0 Å². The molecule has 0 amide bonds. The van der Waals surface area contributed by atoms with Crippen LogP contribution in [-0.2, 0) is 0 Å². The quantitative estimate of drug-likeness (QED) is 0.589. The highest BCUT2D eigenvalue weighted by Crippen LogP contribution is 2.22. The SMILES string of the molecule is Cc1nc(Cl)nc2ccsc12. The van der Waals surface area contributed by atoms with Gasteiger partial charge in [0.2, 0.25) is 5.28 Å². The van der Waals surface area contributed by atoms with Gasteiger partial charge in [-0.1, -0.05) is 0 Å². The minimum atomic E-state index is 0.327. The number of halogens is 1. The first-order chi connectivity index (χ1) is 5.27. The van der Waals surface area contributed by atoms with E-state index in [2.05, 4.69) is 9.97 Å². The summed E-state index contributed by atoms with van der Waals surface area (Å²) in [7, 11) is 0. The molecule has 0 radical (unpaired) electrons. The van der Waals surface area contributed by atoms with Crippen LogP contribution < -0.4 is 0 Å². The van der Waals surface area contributed by atoms with Crippen LogP contribution in [0, 0.1) is 6.92 Å². The molecule has 2 rings (SSSR count). The first-order valence-corrected chi connectivity index (χ1v) is 4.40. The lowest BCUT2D eigenvalue weighted by Crippen LogP contribution is -1.85. The second kappa shape index (κ2) is 2.43.